The Kier molecular flexibility index (Phi) is 4.31. The first-order chi connectivity index (χ1) is 9.04. The monoisotopic (exact) mass is 263 g/mol. The van der Waals surface area contributed by atoms with Crippen LogP contribution in [0.4, 0.5) is 5.82 Å². The number of nitrogens with one attached hydrogen (secondary N) is 1. The van der Waals surface area contributed by atoms with Crippen LogP contribution in [0.15, 0.2) is 6.20 Å². The fraction of sp³-hybridized carbons (Fsp3) is 0.615. The van der Waals surface area contributed by atoms with Crippen molar-refractivity contribution in [2.45, 2.75) is 32.7 Å². The number of rotatable bonds is 4. The average Bonchev–Trinajstić information content (AvgIpc) is 2.35. The van der Waals surface area contributed by atoms with Gasteiger partial charge in [-0.25, -0.2) is 4.98 Å². The molecule has 1 aliphatic heterocycles. The first kappa shape index (κ1) is 13.7. The average molecular weight is 263 g/mol. The van der Waals surface area contributed by atoms with Gasteiger partial charge in [0, 0.05) is 25.3 Å². The van der Waals surface area contributed by atoms with E-state index in [0.29, 0.717) is 12.6 Å². The molecule has 3 N–H and O–H groups in total. The highest BCUT2D eigenvalue weighted by Gasteiger charge is 2.20. The number of hydrogen-bond donors (Lipinski definition) is 2. The van der Waals surface area contributed by atoms with Crippen LogP contribution in [0.1, 0.15) is 24.2 Å². The largest absolute Gasteiger partial charge is 0.369 e. The van der Waals surface area contributed by atoms with Crippen LogP contribution in [-0.4, -0.2) is 46.5 Å². The van der Waals surface area contributed by atoms with E-state index in [1.165, 1.54) is 0 Å². The summed E-state index contributed by atoms with van der Waals surface area (Å²) in [5.74, 6) is 0.611. The Morgan fingerprint density at radius 1 is 1.47 bits per heavy atom. The smallest absolute Gasteiger partial charge is 0.231 e. The molecule has 0 unspecified atom stereocenters. The summed E-state index contributed by atoms with van der Waals surface area (Å²) in [4.78, 5) is 21.7. The van der Waals surface area contributed by atoms with Crippen LogP contribution in [0.5, 0.6) is 0 Å². The van der Waals surface area contributed by atoms with E-state index in [-0.39, 0.29) is 5.91 Å². The number of likely N-dealkylation sites (tertiary alicyclic amines) is 1. The summed E-state index contributed by atoms with van der Waals surface area (Å²) in [6.45, 7) is 6.03. The van der Waals surface area contributed by atoms with Crippen LogP contribution in [0.3, 0.4) is 0 Å². The zero-order valence-electron chi connectivity index (χ0n) is 11.5. The molecule has 0 saturated carbocycles. The second kappa shape index (κ2) is 5.97. The van der Waals surface area contributed by atoms with E-state index < -0.39 is 0 Å². The fourth-order valence-electron chi connectivity index (χ4n) is 2.32. The lowest BCUT2D eigenvalue weighted by atomic mass is 10.0. The van der Waals surface area contributed by atoms with Gasteiger partial charge >= 0.3 is 0 Å². The molecule has 1 amide bonds. The maximum Gasteiger partial charge on any atom is 0.231 e. The molecule has 2 rings (SSSR count). The lowest BCUT2D eigenvalue weighted by molar-refractivity contribution is -0.119. The topological polar surface area (TPSA) is 84.1 Å². The first-order valence-electron chi connectivity index (χ1n) is 6.62. The molecule has 1 saturated heterocycles. The standard InChI is InChI=1S/C13H21N5O/c1-9-7-15-10(2)13(16-9)17-11-3-5-18(6-4-11)8-12(14)19/h7,11H,3-6,8H2,1-2H3,(H2,14,19)(H,16,17). The van der Waals surface area contributed by atoms with Crippen LogP contribution in [-0.2, 0) is 4.79 Å². The molecule has 0 atom stereocenters. The van der Waals surface area contributed by atoms with Crippen molar-refractivity contribution in [3.05, 3.63) is 17.6 Å². The molecule has 1 aliphatic rings. The Balaban J connectivity index is 1.88. The molecule has 1 fully saturated rings. The van der Waals surface area contributed by atoms with Gasteiger partial charge in [0.05, 0.1) is 17.9 Å². The molecule has 0 radical (unpaired) electrons. The summed E-state index contributed by atoms with van der Waals surface area (Å²) in [7, 11) is 0. The van der Waals surface area contributed by atoms with Gasteiger partial charge < -0.3 is 11.1 Å². The number of hydrogen-bond acceptors (Lipinski definition) is 5. The zero-order chi connectivity index (χ0) is 13.8. The third kappa shape index (κ3) is 3.89. The quantitative estimate of drug-likeness (QED) is 0.824. The van der Waals surface area contributed by atoms with E-state index in [1.807, 2.05) is 13.8 Å². The number of amides is 1. The summed E-state index contributed by atoms with van der Waals surface area (Å²) in [6, 6.07) is 0.388. The number of nitrogens with two attached hydrogens (primary N) is 1. The van der Waals surface area contributed by atoms with Crippen LogP contribution >= 0.6 is 0 Å². The Bertz CT molecular complexity index is 454. The maximum atomic E-state index is 10.9. The molecule has 0 bridgehead atoms. The highest BCUT2D eigenvalue weighted by molar-refractivity contribution is 5.75. The van der Waals surface area contributed by atoms with Crippen LogP contribution in [0.25, 0.3) is 0 Å². The van der Waals surface area contributed by atoms with Crippen molar-refractivity contribution in [1.29, 1.82) is 0 Å². The third-order valence-corrected chi connectivity index (χ3v) is 3.38. The van der Waals surface area contributed by atoms with E-state index >= 15 is 0 Å². The van der Waals surface area contributed by atoms with Crippen LogP contribution in [0.2, 0.25) is 0 Å². The Hall–Kier alpha value is -1.69. The number of carbonyl (C=O) groups excluding carboxylic acids is 1. The van der Waals surface area contributed by atoms with Crippen molar-refractivity contribution in [2.75, 3.05) is 25.0 Å². The molecule has 6 heteroatoms. The lowest BCUT2D eigenvalue weighted by Crippen LogP contribution is -2.43. The predicted octanol–water partition coefficient (Wildman–Crippen LogP) is 0.455. The van der Waals surface area contributed by atoms with Crippen molar-refractivity contribution in [2.24, 2.45) is 5.73 Å². The second-order valence-electron chi connectivity index (χ2n) is 5.11. The third-order valence-electron chi connectivity index (χ3n) is 3.38. The number of nitrogens with zero attached hydrogens (tertiary/aromatic N) is 3. The maximum absolute atomic E-state index is 10.9. The van der Waals surface area contributed by atoms with Gasteiger partial charge in [-0.2, -0.15) is 0 Å². The molecule has 2 heterocycles. The van der Waals surface area contributed by atoms with Crippen molar-refractivity contribution in [3.8, 4) is 0 Å². The van der Waals surface area contributed by atoms with E-state index in [1.54, 1.807) is 6.20 Å². The molecule has 104 valence electrons. The summed E-state index contributed by atoms with van der Waals surface area (Å²) < 4.78 is 0. The van der Waals surface area contributed by atoms with Gasteiger partial charge in [0.1, 0.15) is 5.82 Å². The van der Waals surface area contributed by atoms with Crippen LogP contribution in [0, 0.1) is 13.8 Å². The highest BCUT2D eigenvalue weighted by Crippen LogP contribution is 2.17. The van der Waals surface area contributed by atoms with Gasteiger partial charge in [-0.05, 0) is 26.7 Å². The summed E-state index contributed by atoms with van der Waals surface area (Å²) in [5, 5.41) is 3.45. The minimum atomic E-state index is -0.258. The molecule has 0 aliphatic carbocycles. The molecule has 19 heavy (non-hydrogen) atoms. The minimum Gasteiger partial charge on any atom is -0.369 e. The van der Waals surface area contributed by atoms with E-state index in [9.17, 15) is 4.79 Å². The number of aromatic nitrogens is 2. The summed E-state index contributed by atoms with van der Waals surface area (Å²) >= 11 is 0. The minimum absolute atomic E-state index is 0.258. The predicted molar refractivity (Wildman–Crippen MR) is 73.8 cm³/mol. The number of piperidine rings is 1. The van der Waals surface area contributed by atoms with E-state index in [2.05, 4.69) is 20.2 Å². The number of anilines is 1. The Labute approximate surface area is 113 Å². The fourth-order valence-corrected chi connectivity index (χ4v) is 2.32. The van der Waals surface area contributed by atoms with Crippen LogP contribution < -0.4 is 11.1 Å². The molecule has 0 spiro atoms. The highest BCUT2D eigenvalue weighted by atomic mass is 16.1. The van der Waals surface area contributed by atoms with Crippen molar-refractivity contribution in [3.63, 3.8) is 0 Å². The normalized spacial score (nSPS) is 17.4. The zero-order valence-corrected chi connectivity index (χ0v) is 11.5. The molecule has 6 nitrogen and oxygen atoms in total. The van der Waals surface area contributed by atoms with Gasteiger partial charge in [0.25, 0.3) is 0 Å². The Morgan fingerprint density at radius 2 is 2.16 bits per heavy atom. The summed E-state index contributed by atoms with van der Waals surface area (Å²) in [5.41, 5.74) is 7.04. The van der Waals surface area contributed by atoms with Crippen molar-refractivity contribution in [1.82, 2.24) is 14.9 Å². The molecule has 1 aromatic rings. The van der Waals surface area contributed by atoms with Gasteiger partial charge in [0.15, 0.2) is 0 Å². The van der Waals surface area contributed by atoms with Crippen molar-refractivity contribution < 1.29 is 4.79 Å². The van der Waals surface area contributed by atoms with E-state index in [0.717, 1.165) is 43.1 Å². The molecular formula is C13H21N5O. The van der Waals surface area contributed by atoms with Gasteiger partial charge in [-0.15, -0.1) is 0 Å². The number of carbonyl (C=O) groups is 1. The molecule has 1 aromatic heterocycles. The number of aryl methyl sites for hydroxylation is 2. The summed E-state index contributed by atoms with van der Waals surface area (Å²) in [6.07, 6.45) is 3.75. The number of primary amides is 1. The van der Waals surface area contributed by atoms with Gasteiger partial charge in [0.2, 0.25) is 5.91 Å². The second-order valence-corrected chi connectivity index (χ2v) is 5.11. The van der Waals surface area contributed by atoms with Crippen molar-refractivity contribution >= 4 is 11.7 Å². The lowest BCUT2D eigenvalue weighted by Gasteiger charge is -2.31. The van der Waals surface area contributed by atoms with Gasteiger partial charge in [-0.3, -0.25) is 14.7 Å². The molecule has 0 aromatic carbocycles. The van der Waals surface area contributed by atoms with Gasteiger partial charge in [-0.1, -0.05) is 0 Å². The van der Waals surface area contributed by atoms with E-state index in [4.69, 9.17) is 5.73 Å². The SMILES string of the molecule is Cc1cnc(C)c(NC2CCN(CC(N)=O)CC2)n1. The Morgan fingerprint density at radius 3 is 2.79 bits per heavy atom. The molecular weight excluding hydrogens is 242 g/mol. The first-order valence-corrected chi connectivity index (χ1v) is 6.62.